The summed E-state index contributed by atoms with van der Waals surface area (Å²) in [6.07, 6.45) is 1.80. The van der Waals surface area contributed by atoms with Crippen LogP contribution in [0, 0.1) is 6.92 Å². The fourth-order valence-electron chi connectivity index (χ4n) is 1.75. The third-order valence-corrected chi connectivity index (χ3v) is 2.61. The van der Waals surface area contributed by atoms with Gasteiger partial charge in [-0.1, -0.05) is 0 Å². The molecule has 4 heteroatoms. The average molecular weight is 231 g/mol. The Labute approximate surface area is 101 Å². The third-order valence-electron chi connectivity index (χ3n) is 2.61. The highest BCUT2D eigenvalue weighted by atomic mass is 16.5. The number of ether oxygens (including phenoxy) is 1. The molecule has 17 heavy (non-hydrogen) atoms. The van der Waals surface area contributed by atoms with E-state index in [1.54, 1.807) is 6.20 Å². The second kappa shape index (κ2) is 5.01. The molecule has 0 spiro atoms. The molecule has 0 atom stereocenters. The summed E-state index contributed by atoms with van der Waals surface area (Å²) < 4.78 is 5.51. The van der Waals surface area contributed by atoms with Gasteiger partial charge in [0.05, 0.1) is 25.0 Å². The second-order valence-electron chi connectivity index (χ2n) is 3.86. The standard InChI is InChI=1S/C13H17N3O/c1-3-17-12-5-4-10(6-9(12)2)11-8-15-13(7-14)16-11/h4-6,8H,3,7,14H2,1-2H3,(H,15,16). The number of hydrogen-bond donors (Lipinski definition) is 2. The minimum absolute atomic E-state index is 0.427. The Morgan fingerprint density at radius 3 is 2.82 bits per heavy atom. The predicted octanol–water partition coefficient (Wildman–Crippen LogP) is 2.24. The van der Waals surface area contributed by atoms with E-state index in [1.165, 1.54) is 0 Å². The van der Waals surface area contributed by atoms with Crippen LogP contribution in [0.5, 0.6) is 5.75 Å². The van der Waals surface area contributed by atoms with Crippen LogP contribution in [0.2, 0.25) is 0 Å². The van der Waals surface area contributed by atoms with Crippen molar-refractivity contribution in [3.05, 3.63) is 35.8 Å². The molecule has 0 saturated carbocycles. The zero-order valence-electron chi connectivity index (χ0n) is 10.2. The minimum atomic E-state index is 0.427. The maximum Gasteiger partial charge on any atom is 0.122 e. The van der Waals surface area contributed by atoms with E-state index in [2.05, 4.69) is 16.0 Å². The van der Waals surface area contributed by atoms with Crippen LogP contribution in [-0.2, 0) is 6.54 Å². The van der Waals surface area contributed by atoms with Gasteiger partial charge in [-0.3, -0.25) is 0 Å². The molecule has 1 heterocycles. The molecular weight excluding hydrogens is 214 g/mol. The lowest BCUT2D eigenvalue weighted by Crippen LogP contribution is -1.97. The normalized spacial score (nSPS) is 10.5. The van der Waals surface area contributed by atoms with Gasteiger partial charge in [-0.2, -0.15) is 0 Å². The molecule has 0 amide bonds. The Morgan fingerprint density at radius 2 is 2.24 bits per heavy atom. The molecule has 4 nitrogen and oxygen atoms in total. The van der Waals surface area contributed by atoms with Gasteiger partial charge in [0.25, 0.3) is 0 Å². The van der Waals surface area contributed by atoms with Crippen molar-refractivity contribution in [3.63, 3.8) is 0 Å². The van der Waals surface area contributed by atoms with Gasteiger partial charge in [-0.15, -0.1) is 0 Å². The number of benzene rings is 1. The minimum Gasteiger partial charge on any atom is -0.494 e. The van der Waals surface area contributed by atoms with Gasteiger partial charge in [-0.05, 0) is 37.6 Å². The molecule has 0 aliphatic carbocycles. The van der Waals surface area contributed by atoms with Gasteiger partial charge in [-0.25, -0.2) is 4.98 Å². The van der Waals surface area contributed by atoms with Crippen LogP contribution < -0.4 is 10.5 Å². The van der Waals surface area contributed by atoms with E-state index in [1.807, 2.05) is 26.0 Å². The zero-order valence-corrected chi connectivity index (χ0v) is 10.2. The summed E-state index contributed by atoms with van der Waals surface area (Å²) in [5.74, 6) is 1.72. The summed E-state index contributed by atoms with van der Waals surface area (Å²) in [5.41, 5.74) is 8.72. The van der Waals surface area contributed by atoms with E-state index in [9.17, 15) is 0 Å². The molecule has 0 aliphatic heterocycles. The van der Waals surface area contributed by atoms with E-state index < -0.39 is 0 Å². The van der Waals surface area contributed by atoms with E-state index in [-0.39, 0.29) is 0 Å². The number of H-pyrrole nitrogens is 1. The van der Waals surface area contributed by atoms with E-state index in [4.69, 9.17) is 10.5 Å². The van der Waals surface area contributed by atoms with Crippen LogP contribution >= 0.6 is 0 Å². The molecule has 0 bridgehead atoms. The molecule has 0 unspecified atom stereocenters. The first-order valence-electron chi connectivity index (χ1n) is 5.72. The van der Waals surface area contributed by atoms with Crippen LogP contribution in [0.25, 0.3) is 11.3 Å². The van der Waals surface area contributed by atoms with Crippen molar-refractivity contribution in [2.45, 2.75) is 20.4 Å². The smallest absolute Gasteiger partial charge is 0.122 e. The van der Waals surface area contributed by atoms with Crippen LogP contribution in [0.15, 0.2) is 24.4 Å². The van der Waals surface area contributed by atoms with Gasteiger partial charge < -0.3 is 15.5 Å². The highest BCUT2D eigenvalue weighted by Gasteiger charge is 2.05. The lowest BCUT2D eigenvalue weighted by molar-refractivity contribution is 0.338. The van der Waals surface area contributed by atoms with Crippen molar-refractivity contribution < 1.29 is 4.74 Å². The van der Waals surface area contributed by atoms with Gasteiger partial charge in [0.15, 0.2) is 0 Å². The Morgan fingerprint density at radius 1 is 1.41 bits per heavy atom. The Kier molecular flexibility index (Phi) is 3.44. The molecular formula is C13H17N3O. The lowest BCUT2D eigenvalue weighted by atomic mass is 10.1. The zero-order chi connectivity index (χ0) is 12.3. The number of nitrogens with zero attached hydrogens (tertiary/aromatic N) is 1. The van der Waals surface area contributed by atoms with Crippen LogP contribution in [-0.4, -0.2) is 16.6 Å². The SMILES string of the molecule is CCOc1ccc(-c2cnc(CN)[nH]2)cc1C. The fourth-order valence-corrected chi connectivity index (χ4v) is 1.75. The molecule has 2 rings (SSSR count). The number of aromatic nitrogens is 2. The molecule has 0 saturated heterocycles. The Hall–Kier alpha value is -1.81. The molecule has 1 aromatic heterocycles. The van der Waals surface area contributed by atoms with Crippen LogP contribution in [0.3, 0.4) is 0 Å². The predicted molar refractivity (Wildman–Crippen MR) is 67.8 cm³/mol. The number of imidazole rings is 1. The van der Waals surface area contributed by atoms with Gasteiger partial charge in [0, 0.05) is 5.56 Å². The Bertz CT molecular complexity index is 505. The second-order valence-corrected chi connectivity index (χ2v) is 3.86. The lowest BCUT2D eigenvalue weighted by Gasteiger charge is -2.08. The summed E-state index contributed by atoms with van der Waals surface area (Å²) in [4.78, 5) is 7.37. The maximum atomic E-state index is 5.52. The maximum absolute atomic E-state index is 5.52. The van der Waals surface area contributed by atoms with Gasteiger partial charge in [0.2, 0.25) is 0 Å². The number of aromatic amines is 1. The first kappa shape index (κ1) is 11.7. The van der Waals surface area contributed by atoms with E-state index in [0.717, 1.165) is 28.4 Å². The largest absolute Gasteiger partial charge is 0.494 e. The fraction of sp³-hybridized carbons (Fsp3) is 0.308. The topological polar surface area (TPSA) is 63.9 Å². The van der Waals surface area contributed by atoms with Crippen LogP contribution in [0.1, 0.15) is 18.3 Å². The highest BCUT2D eigenvalue weighted by molar-refractivity contribution is 5.61. The summed E-state index contributed by atoms with van der Waals surface area (Å²) in [6, 6.07) is 6.09. The first-order valence-corrected chi connectivity index (χ1v) is 5.72. The number of rotatable bonds is 4. The molecule has 0 radical (unpaired) electrons. The molecule has 0 fully saturated rings. The van der Waals surface area contributed by atoms with Gasteiger partial charge in [0.1, 0.15) is 11.6 Å². The summed E-state index contributed by atoms with van der Waals surface area (Å²) in [5, 5.41) is 0. The highest BCUT2D eigenvalue weighted by Crippen LogP contribution is 2.25. The number of hydrogen-bond acceptors (Lipinski definition) is 3. The monoisotopic (exact) mass is 231 g/mol. The van der Waals surface area contributed by atoms with E-state index in [0.29, 0.717) is 13.2 Å². The van der Waals surface area contributed by atoms with Crippen LogP contribution in [0.4, 0.5) is 0 Å². The summed E-state index contributed by atoms with van der Waals surface area (Å²) in [6.45, 7) is 5.13. The van der Waals surface area contributed by atoms with Gasteiger partial charge >= 0.3 is 0 Å². The number of nitrogens with one attached hydrogen (secondary N) is 1. The molecule has 2 aromatic rings. The van der Waals surface area contributed by atoms with Crippen molar-refractivity contribution in [3.8, 4) is 17.0 Å². The van der Waals surface area contributed by atoms with Crippen molar-refractivity contribution in [1.29, 1.82) is 0 Å². The number of aryl methyl sites for hydroxylation is 1. The third kappa shape index (κ3) is 2.47. The van der Waals surface area contributed by atoms with Crippen molar-refractivity contribution in [2.75, 3.05) is 6.61 Å². The molecule has 3 N–H and O–H groups in total. The summed E-state index contributed by atoms with van der Waals surface area (Å²) in [7, 11) is 0. The quantitative estimate of drug-likeness (QED) is 0.848. The van der Waals surface area contributed by atoms with Crippen molar-refractivity contribution >= 4 is 0 Å². The van der Waals surface area contributed by atoms with Crippen molar-refractivity contribution in [2.24, 2.45) is 5.73 Å². The average Bonchev–Trinajstić information content (AvgIpc) is 2.80. The first-order chi connectivity index (χ1) is 8.24. The molecule has 1 aromatic carbocycles. The van der Waals surface area contributed by atoms with E-state index >= 15 is 0 Å². The molecule has 90 valence electrons. The molecule has 0 aliphatic rings. The Balaban J connectivity index is 2.30. The number of nitrogens with two attached hydrogens (primary N) is 1. The summed E-state index contributed by atoms with van der Waals surface area (Å²) >= 11 is 0. The van der Waals surface area contributed by atoms with Crippen molar-refractivity contribution in [1.82, 2.24) is 9.97 Å².